The summed E-state index contributed by atoms with van der Waals surface area (Å²) in [5.74, 6) is 0. The minimum Gasteiger partial charge on any atom is -0.389 e. The van der Waals surface area contributed by atoms with Crippen molar-refractivity contribution in [2.45, 2.75) is 45.4 Å². The average molecular weight is 256 g/mol. The van der Waals surface area contributed by atoms with E-state index in [1.165, 1.54) is 5.56 Å². The highest BCUT2D eigenvalue weighted by Crippen LogP contribution is 2.26. The number of nitrogens with zero attached hydrogens (tertiary/aromatic N) is 1. The molecule has 98 valence electrons. The first kappa shape index (κ1) is 14.6. The minimum atomic E-state index is -0.695. The van der Waals surface area contributed by atoms with Gasteiger partial charge in [-0.25, -0.2) is 0 Å². The van der Waals surface area contributed by atoms with Crippen molar-refractivity contribution in [2.24, 2.45) is 5.73 Å². The van der Waals surface area contributed by atoms with Gasteiger partial charge < -0.3 is 10.8 Å². The van der Waals surface area contributed by atoms with Crippen LogP contribution in [-0.4, -0.2) is 34.7 Å². The fourth-order valence-electron chi connectivity index (χ4n) is 2.19. The Kier molecular flexibility index (Phi) is 5.13. The Balaban J connectivity index is 2.88. The Morgan fingerprint density at radius 3 is 2.53 bits per heavy atom. The molecule has 0 bridgehead atoms. The summed E-state index contributed by atoms with van der Waals surface area (Å²) >= 11 is 1.69. The maximum atomic E-state index is 9.97. The van der Waals surface area contributed by atoms with Gasteiger partial charge in [0.25, 0.3) is 0 Å². The zero-order chi connectivity index (χ0) is 13.1. The lowest BCUT2D eigenvalue weighted by Crippen LogP contribution is -2.45. The van der Waals surface area contributed by atoms with Gasteiger partial charge in [-0.15, -0.1) is 0 Å². The zero-order valence-electron chi connectivity index (χ0n) is 11.2. The SMILES string of the molecule is CCN(CC(C)(C)O)C(c1ccsc1)C(C)N. The number of likely N-dealkylation sites (N-methyl/N-ethyl adjacent to an activating group) is 1. The van der Waals surface area contributed by atoms with Crippen LogP contribution < -0.4 is 5.73 Å². The van der Waals surface area contributed by atoms with Gasteiger partial charge in [-0.2, -0.15) is 11.3 Å². The maximum Gasteiger partial charge on any atom is 0.0718 e. The highest BCUT2D eigenvalue weighted by Gasteiger charge is 2.27. The Hall–Kier alpha value is -0.420. The number of nitrogens with two attached hydrogens (primary N) is 1. The number of hydrogen-bond donors (Lipinski definition) is 2. The monoisotopic (exact) mass is 256 g/mol. The second kappa shape index (κ2) is 5.96. The van der Waals surface area contributed by atoms with Crippen LogP contribution in [0, 0.1) is 0 Å². The van der Waals surface area contributed by atoms with Gasteiger partial charge in [0.1, 0.15) is 0 Å². The summed E-state index contributed by atoms with van der Waals surface area (Å²) in [6, 6.07) is 2.34. The van der Waals surface area contributed by atoms with Gasteiger partial charge in [-0.3, -0.25) is 4.90 Å². The molecule has 2 atom stereocenters. The summed E-state index contributed by atoms with van der Waals surface area (Å²) in [5.41, 5.74) is 6.66. The molecule has 0 amide bonds. The lowest BCUT2D eigenvalue weighted by Gasteiger charge is -2.36. The molecule has 1 rings (SSSR count). The van der Waals surface area contributed by atoms with Crippen molar-refractivity contribution in [1.29, 1.82) is 0 Å². The minimum absolute atomic E-state index is 0.0481. The molecule has 0 aliphatic heterocycles. The van der Waals surface area contributed by atoms with Crippen LogP contribution in [-0.2, 0) is 0 Å². The third-order valence-corrected chi connectivity index (χ3v) is 3.47. The van der Waals surface area contributed by atoms with E-state index < -0.39 is 5.60 Å². The van der Waals surface area contributed by atoms with Gasteiger partial charge in [-0.1, -0.05) is 6.92 Å². The van der Waals surface area contributed by atoms with Crippen LogP contribution in [0.2, 0.25) is 0 Å². The summed E-state index contributed by atoms with van der Waals surface area (Å²) in [5, 5.41) is 14.2. The van der Waals surface area contributed by atoms with E-state index in [0.29, 0.717) is 6.54 Å². The van der Waals surface area contributed by atoms with E-state index in [0.717, 1.165) is 6.54 Å². The van der Waals surface area contributed by atoms with Crippen LogP contribution in [0.1, 0.15) is 39.3 Å². The van der Waals surface area contributed by atoms with Crippen molar-refractivity contribution < 1.29 is 5.11 Å². The lowest BCUT2D eigenvalue weighted by molar-refractivity contribution is 0.0188. The van der Waals surface area contributed by atoms with Crippen molar-refractivity contribution >= 4 is 11.3 Å². The largest absolute Gasteiger partial charge is 0.389 e. The second-order valence-electron chi connectivity index (χ2n) is 5.24. The molecule has 0 fully saturated rings. The molecule has 17 heavy (non-hydrogen) atoms. The van der Waals surface area contributed by atoms with E-state index in [9.17, 15) is 5.11 Å². The molecule has 0 aromatic carbocycles. The van der Waals surface area contributed by atoms with Crippen molar-refractivity contribution in [3.05, 3.63) is 22.4 Å². The Morgan fingerprint density at radius 1 is 1.53 bits per heavy atom. The summed E-state index contributed by atoms with van der Waals surface area (Å²) < 4.78 is 0. The smallest absolute Gasteiger partial charge is 0.0718 e. The number of thiophene rings is 1. The van der Waals surface area contributed by atoms with Crippen LogP contribution in [0.25, 0.3) is 0 Å². The van der Waals surface area contributed by atoms with Crippen LogP contribution in [0.5, 0.6) is 0 Å². The second-order valence-corrected chi connectivity index (χ2v) is 6.02. The summed E-state index contributed by atoms with van der Waals surface area (Å²) in [6.07, 6.45) is 0. The van der Waals surface area contributed by atoms with E-state index in [2.05, 4.69) is 28.7 Å². The standard InChI is InChI=1S/C13H24N2OS/c1-5-15(9-13(3,4)16)12(10(2)14)11-6-7-17-8-11/h6-8,10,12,16H,5,9,14H2,1-4H3. The van der Waals surface area contributed by atoms with E-state index >= 15 is 0 Å². The fraction of sp³-hybridized carbons (Fsp3) is 0.692. The van der Waals surface area contributed by atoms with E-state index in [4.69, 9.17) is 5.73 Å². The Morgan fingerprint density at radius 2 is 2.18 bits per heavy atom. The molecule has 4 heteroatoms. The summed E-state index contributed by atoms with van der Waals surface area (Å²) in [6.45, 7) is 9.31. The number of rotatable bonds is 6. The van der Waals surface area contributed by atoms with E-state index in [1.807, 2.05) is 20.8 Å². The molecule has 1 heterocycles. The van der Waals surface area contributed by atoms with Crippen LogP contribution in [0.15, 0.2) is 16.8 Å². The fourth-order valence-corrected chi connectivity index (χ4v) is 2.88. The van der Waals surface area contributed by atoms with E-state index in [1.54, 1.807) is 11.3 Å². The molecule has 0 saturated heterocycles. The highest BCUT2D eigenvalue weighted by molar-refractivity contribution is 7.07. The Labute approximate surface area is 108 Å². The molecular formula is C13H24N2OS. The normalized spacial score (nSPS) is 16.2. The first-order valence-corrected chi connectivity index (χ1v) is 7.03. The molecule has 2 unspecified atom stereocenters. The van der Waals surface area contributed by atoms with Gasteiger partial charge in [0, 0.05) is 12.6 Å². The molecule has 0 spiro atoms. The molecule has 0 saturated carbocycles. The highest BCUT2D eigenvalue weighted by atomic mass is 32.1. The Bertz CT molecular complexity index is 317. The average Bonchev–Trinajstić information content (AvgIpc) is 2.67. The van der Waals surface area contributed by atoms with Gasteiger partial charge in [0.2, 0.25) is 0 Å². The van der Waals surface area contributed by atoms with Crippen molar-refractivity contribution in [3.8, 4) is 0 Å². The molecule has 1 aromatic rings. The molecule has 3 N–H and O–H groups in total. The topological polar surface area (TPSA) is 49.5 Å². The van der Waals surface area contributed by atoms with Crippen molar-refractivity contribution in [1.82, 2.24) is 4.90 Å². The molecule has 1 aromatic heterocycles. The van der Waals surface area contributed by atoms with Gasteiger partial charge in [0.05, 0.1) is 11.6 Å². The predicted octanol–water partition coefficient (Wildman–Crippen LogP) is 2.23. The first-order valence-electron chi connectivity index (χ1n) is 6.09. The van der Waals surface area contributed by atoms with Gasteiger partial charge in [-0.05, 0) is 49.7 Å². The summed E-state index contributed by atoms with van der Waals surface area (Å²) in [4.78, 5) is 2.24. The maximum absolute atomic E-state index is 9.97. The number of aliphatic hydroxyl groups is 1. The first-order chi connectivity index (χ1) is 7.85. The molecule has 0 aliphatic rings. The predicted molar refractivity (Wildman–Crippen MR) is 74.3 cm³/mol. The molecular weight excluding hydrogens is 232 g/mol. The van der Waals surface area contributed by atoms with Crippen LogP contribution >= 0.6 is 11.3 Å². The van der Waals surface area contributed by atoms with E-state index in [-0.39, 0.29) is 12.1 Å². The van der Waals surface area contributed by atoms with Crippen molar-refractivity contribution in [2.75, 3.05) is 13.1 Å². The van der Waals surface area contributed by atoms with Crippen LogP contribution in [0.3, 0.4) is 0 Å². The molecule has 0 radical (unpaired) electrons. The quantitative estimate of drug-likeness (QED) is 0.820. The molecule has 3 nitrogen and oxygen atoms in total. The van der Waals surface area contributed by atoms with Crippen LogP contribution in [0.4, 0.5) is 0 Å². The third-order valence-electron chi connectivity index (χ3n) is 2.77. The van der Waals surface area contributed by atoms with Gasteiger partial charge >= 0.3 is 0 Å². The lowest BCUT2D eigenvalue weighted by atomic mass is 9.99. The van der Waals surface area contributed by atoms with Crippen molar-refractivity contribution in [3.63, 3.8) is 0 Å². The van der Waals surface area contributed by atoms with Gasteiger partial charge in [0.15, 0.2) is 0 Å². The number of hydrogen-bond acceptors (Lipinski definition) is 4. The zero-order valence-corrected chi connectivity index (χ0v) is 12.0. The third kappa shape index (κ3) is 4.39. The summed E-state index contributed by atoms with van der Waals surface area (Å²) in [7, 11) is 0. The molecule has 0 aliphatic carbocycles.